The van der Waals surface area contributed by atoms with Gasteiger partial charge in [-0.05, 0) is 38.7 Å². The standard InChI is InChI=1S/C18H22N2O/c1-14-9-11-16(12-10-14)18(21)19-17(13-20(2)3)15-7-5-4-6-8-15/h4-12,17H,13H2,1-3H3,(H,19,21)/t17-/m0/s1. The maximum Gasteiger partial charge on any atom is 0.251 e. The Labute approximate surface area is 126 Å². The van der Waals surface area contributed by atoms with Gasteiger partial charge in [0.05, 0.1) is 6.04 Å². The number of benzene rings is 2. The Bertz CT molecular complexity index is 576. The first kappa shape index (κ1) is 15.3. The molecule has 110 valence electrons. The Morgan fingerprint density at radius 2 is 1.67 bits per heavy atom. The fourth-order valence-corrected chi connectivity index (χ4v) is 2.23. The Hall–Kier alpha value is -2.13. The minimum Gasteiger partial charge on any atom is -0.344 e. The molecule has 0 aliphatic carbocycles. The van der Waals surface area contributed by atoms with Crippen LogP contribution in [0, 0.1) is 6.92 Å². The largest absolute Gasteiger partial charge is 0.344 e. The minimum absolute atomic E-state index is 0.0185. The van der Waals surface area contributed by atoms with Crippen molar-refractivity contribution in [1.29, 1.82) is 0 Å². The third kappa shape index (κ3) is 4.43. The normalized spacial score (nSPS) is 12.2. The Balaban J connectivity index is 2.15. The fourth-order valence-electron chi connectivity index (χ4n) is 2.23. The summed E-state index contributed by atoms with van der Waals surface area (Å²) in [7, 11) is 4.02. The number of nitrogens with zero attached hydrogens (tertiary/aromatic N) is 1. The maximum atomic E-state index is 12.4. The van der Waals surface area contributed by atoms with E-state index in [2.05, 4.69) is 10.2 Å². The number of nitrogens with one attached hydrogen (secondary N) is 1. The number of carbonyl (C=O) groups excluding carboxylic acids is 1. The molecule has 0 bridgehead atoms. The molecule has 1 atom stereocenters. The summed E-state index contributed by atoms with van der Waals surface area (Å²) in [4.78, 5) is 14.5. The Morgan fingerprint density at radius 1 is 1.05 bits per heavy atom. The van der Waals surface area contributed by atoms with Crippen LogP contribution >= 0.6 is 0 Å². The van der Waals surface area contributed by atoms with Crippen molar-refractivity contribution in [3.8, 4) is 0 Å². The molecule has 1 N–H and O–H groups in total. The van der Waals surface area contributed by atoms with Crippen LogP contribution in [0.1, 0.15) is 27.5 Å². The van der Waals surface area contributed by atoms with Crippen LogP contribution < -0.4 is 5.32 Å². The second-order valence-corrected chi connectivity index (χ2v) is 5.56. The van der Waals surface area contributed by atoms with Crippen molar-refractivity contribution >= 4 is 5.91 Å². The van der Waals surface area contributed by atoms with Gasteiger partial charge in [-0.25, -0.2) is 0 Å². The predicted molar refractivity (Wildman–Crippen MR) is 86.4 cm³/mol. The molecule has 0 saturated heterocycles. The van der Waals surface area contributed by atoms with E-state index in [9.17, 15) is 4.79 Å². The molecule has 0 radical (unpaired) electrons. The molecule has 0 aromatic heterocycles. The molecular formula is C18H22N2O. The van der Waals surface area contributed by atoms with Gasteiger partial charge in [-0.2, -0.15) is 0 Å². The summed E-state index contributed by atoms with van der Waals surface area (Å²) in [5.74, 6) is -0.0364. The zero-order valence-electron chi connectivity index (χ0n) is 12.8. The van der Waals surface area contributed by atoms with E-state index in [0.717, 1.165) is 17.7 Å². The van der Waals surface area contributed by atoms with Gasteiger partial charge >= 0.3 is 0 Å². The van der Waals surface area contributed by atoms with Gasteiger partial charge in [0.2, 0.25) is 0 Å². The van der Waals surface area contributed by atoms with Crippen LogP contribution in [0.15, 0.2) is 54.6 Å². The summed E-state index contributed by atoms with van der Waals surface area (Å²) in [5.41, 5.74) is 2.96. The van der Waals surface area contributed by atoms with Gasteiger partial charge in [0, 0.05) is 12.1 Å². The number of rotatable bonds is 5. The van der Waals surface area contributed by atoms with E-state index in [1.54, 1.807) is 0 Å². The van der Waals surface area contributed by atoms with Gasteiger partial charge in [-0.15, -0.1) is 0 Å². The highest BCUT2D eigenvalue weighted by molar-refractivity contribution is 5.94. The zero-order valence-corrected chi connectivity index (χ0v) is 12.8. The van der Waals surface area contributed by atoms with Crippen LogP contribution in [0.2, 0.25) is 0 Å². The van der Waals surface area contributed by atoms with E-state index < -0.39 is 0 Å². The zero-order chi connectivity index (χ0) is 15.2. The molecule has 0 aliphatic heterocycles. The van der Waals surface area contributed by atoms with Crippen LogP contribution in [-0.2, 0) is 0 Å². The summed E-state index contributed by atoms with van der Waals surface area (Å²) in [6.07, 6.45) is 0. The van der Waals surface area contributed by atoms with Gasteiger partial charge in [0.25, 0.3) is 5.91 Å². The van der Waals surface area contributed by atoms with Crippen molar-refractivity contribution < 1.29 is 4.79 Å². The van der Waals surface area contributed by atoms with E-state index in [1.807, 2.05) is 75.6 Å². The van der Waals surface area contributed by atoms with Crippen molar-refractivity contribution in [3.63, 3.8) is 0 Å². The Kier molecular flexibility index (Phi) is 5.12. The van der Waals surface area contributed by atoms with E-state index in [4.69, 9.17) is 0 Å². The molecule has 0 fully saturated rings. The fraction of sp³-hybridized carbons (Fsp3) is 0.278. The van der Waals surface area contributed by atoms with Crippen molar-refractivity contribution in [2.75, 3.05) is 20.6 Å². The highest BCUT2D eigenvalue weighted by Gasteiger charge is 2.16. The molecule has 3 nitrogen and oxygen atoms in total. The summed E-state index contributed by atoms with van der Waals surface area (Å²) in [6.45, 7) is 2.78. The maximum absolute atomic E-state index is 12.4. The summed E-state index contributed by atoms with van der Waals surface area (Å²) in [5, 5.41) is 3.12. The predicted octanol–water partition coefficient (Wildman–Crippen LogP) is 3.03. The second-order valence-electron chi connectivity index (χ2n) is 5.56. The average Bonchev–Trinajstić information content (AvgIpc) is 2.47. The van der Waals surface area contributed by atoms with Crippen LogP contribution in [0.25, 0.3) is 0 Å². The van der Waals surface area contributed by atoms with Crippen LogP contribution in [0.4, 0.5) is 0 Å². The molecule has 0 unspecified atom stereocenters. The van der Waals surface area contributed by atoms with Gasteiger partial charge < -0.3 is 10.2 Å². The van der Waals surface area contributed by atoms with Gasteiger partial charge in [0.15, 0.2) is 0 Å². The lowest BCUT2D eigenvalue weighted by Gasteiger charge is -2.23. The van der Waals surface area contributed by atoms with Crippen LogP contribution in [-0.4, -0.2) is 31.4 Å². The number of hydrogen-bond donors (Lipinski definition) is 1. The molecule has 0 spiro atoms. The topological polar surface area (TPSA) is 32.3 Å². The number of aryl methyl sites for hydroxylation is 1. The van der Waals surface area contributed by atoms with Crippen molar-refractivity contribution in [2.24, 2.45) is 0 Å². The summed E-state index contributed by atoms with van der Waals surface area (Å²) in [6, 6.07) is 17.7. The lowest BCUT2D eigenvalue weighted by atomic mass is 10.1. The first-order valence-electron chi connectivity index (χ1n) is 7.13. The molecule has 21 heavy (non-hydrogen) atoms. The van der Waals surface area contributed by atoms with Crippen molar-refractivity contribution in [3.05, 3.63) is 71.3 Å². The molecular weight excluding hydrogens is 260 g/mol. The van der Waals surface area contributed by atoms with Gasteiger partial charge in [-0.1, -0.05) is 48.0 Å². The van der Waals surface area contributed by atoms with E-state index in [1.165, 1.54) is 0 Å². The third-order valence-corrected chi connectivity index (χ3v) is 3.37. The first-order chi connectivity index (χ1) is 10.1. The molecule has 2 aromatic carbocycles. The Morgan fingerprint density at radius 3 is 2.24 bits per heavy atom. The highest BCUT2D eigenvalue weighted by Crippen LogP contribution is 2.14. The molecule has 2 aromatic rings. The molecule has 3 heteroatoms. The molecule has 0 heterocycles. The van der Waals surface area contributed by atoms with E-state index in [-0.39, 0.29) is 11.9 Å². The van der Waals surface area contributed by atoms with Crippen molar-refractivity contribution in [2.45, 2.75) is 13.0 Å². The number of hydrogen-bond acceptors (Lipinski definition) is 2. The quantitative estimate of drug-likeness (QED) is 0.914. The second kappa shape index (κ2) is 7.04. The summed E-state index contributed by atoms with van der Waals surface area (Å²) < 4.78 is 0. The van der Waals surface area contributed by atoms with Crippen molar-refractivity contribution in [1.82, 2.24) is 10.2 Å². The monoisotopic (exact) mass is 282 g/mol. The van der Waals surface area contributed by atoms with Gasteiger partial charge in [-0.3, -0.25) is 4.79 Å². The molecule has 2 rings (SSSR count). The van der Waals surface area contributed by atoms with Crippen LogP contribution in [0.5, 0.6) is 0 Å². The average molecular weight is 282 g/mol. The minimum atomic E-state index is -0.0364. The lowest BCUT2D eigenvalue weighted by Crippen LogP contribution is -2.35. The molecule has 0 saturated carbocycles. The SMILES string of the molecule is Cc1ccc(C(=O)N[C@@H](CN(C)C)c2ccccc2)cc1. The van der Waals surface area contributed by atoms with E-state index >= 15 is 0 Å². The smallest absolute Gasteiger partial charge is 0.251 e. The van der Waals surface area contributed by atoms with Crippen LogP contribution in [0.3, 0.4) is 0 Å². The van der Waals surface area contributed by atoms with Gasteiger partial charge in [0.1, 0.15) is 0 Å². The number of amides is 1. The molecule has 1 amide bonds. The molecule has 0 aliphatic rings. The third-order valence-electron chi connectivity index (χ3n) is 3.37. The number of carbonyl (C=O) groups is 1. The van der Waals surface area contributed by atoms with E-state index in [0.29, 0.717) is 5.56 Å². The lowest BCUT2D eigenvalue weighted by molar-refractivity contribution is 0.0930. The highest BCUT2D eigenvalue weighted by atomic mass is 16.1. The first-order valence-corrected chi connectivity index (χ1v) is 7.13. The number of likely N-dealkylation sites (N-methyl/N-ethyl adjacent to an activating group) is 1. The summed E-state index contributed by atoms with van der Waals surface area (Å²) >= 11 is 0.